The molecule has 0 bridgehead atoms. The molecule has 1 aliphatic rings. The highest BCUT2D eigenvalue weighted by atomic mass is 79.9. The summed E-state index contributed by atoms with van der Waals surface area (Å²) in [6.45, 7) is 1.32. The van der Waals surface area contributed by atoms with Crippen molar-refractivity contribution in [1.82, 2.24) is 9.84 Å². The van der Waals surface area contributed by atoms with E-state index in [1.165, 1.54) is 12.1 Å². The van der Waals surface area contributed by atoms with E-state index < -0.39 is 16.0 Å². The first-order valence-corrected chi connectivity index (χ1v) is 8.48. The van der Waals surface area contributed by atoms with Crippen LogP contribution in [0.1, 0.15) is 29.6 Å². The summed E-state index contributed by atoms with van der Waals surface area (Å²) in [6, 6.07) is 3.93. The fraction of sp³-hybridized carbons (Fsp3) is 0.417. The molecule has 1 aliphatic heterocycles. The maximum atomic E-state index is 12.3. The van der Waals surface area contributed by atoms with Gasteiger partial charge >= 0.3 is 5.97 Å². The quantitative estimate of drug-likeness (QED) is 0.852. The van der Waals surface area contributed by atoms with Gasteiger partial charge in [-0.05, 0) is 47.0 Å². The normalized spacial score (nSPS) is 17.1. The standard InChI is InChI=1S/C12H15BrN2O4S/c13-10-5-4-9(12(16)17)8-11(10)20(18,19)14-15-6-2-1-3-7-15/h4-5,8,14H,1-3,6-7H2,(H,16,17). The summed E-state index contributed by atoms with van der Waals surface area (Å²) in [5.41, 5.74) is -0.0628. The minimum Gasteiger partial charge on any atom is -0.478 e. The maximum absolute atomic E-state index is 12.3. The number of hydrazine groups is 1. The molecule has 110 valence electrons. The fourth-order valence-electron chi connectivity index (χ4n) is 2.05. The van der Waals surface area contributed by atoms with Crippen LogP contribution in [0.2, 0.25) is 0 Å². The lowest BCUT2D eigenvalue weighted by atomic mass is 10.2. The predicted molar refractivity (Wildman–Crippen MR) is 76.8 cm³/mol. The van der Waals surface area contributed by atoms with Crippen molar-refractivity contribution in [2.24, 2.45) is 0 Å². The van der Waals surface area contributed by atoms with Crippen molar-refractivity contribution in [3.8, 4) is 0 Å². The van der Waals surface area contributed by atoms with Gasteiger partial charge in [0.2, 0.25) is 0 Å². The molecule has 0 radical (unpaired) electrons. The van der Waals surface area contributed by atoms with Crippen LogP contribution in [0.15, 0.2) is 27.6 Å². The number of sulfonamides is 1. The summed E-state index contributed by atoms with van der Waals surface area (Å²) in [4.78, 5) is 13.4. The van der Waals surface area contributed by atoms with E-state index in [1.807, 2.05) is 0 Å². The van der Waals surface area contributed by atoms with Crippen LogP contribution in [-0.2, 0) is 10.0 Å². The number of carboxylic acids is 1. The van der Waals surface area contributed by atoms with Crippen molar-refractivity contribution in [3.63, 3.8) is 0 Å². The van der Waals surface area contributed by atoms with Gasteiger partial charge in [0.25, 0.3) is 10.0 Å². The van der Waals surface area contributed by atoms with Crippen LogP contribution in [0.3, 0.4) is 0 Å². The molecule has 0 saturated carbocycles. The van der Waals surface area contributed by atoms with Crippen LogP contribution in [-0.4, -0.2) is 37.6 Å². The predicted octanol–water partition coefficient (Wildman–Crippen LogP) is 1.83. The molecule has 8 heteroatoms. The molecule has 6 nitrogen and oxygen atoms in total. The molecular formula is C12H15BrN2O4S. The van der Waals surface area contributed by atoms with E-state index >= 15 is 0 Å². The minimum atomic E-state index is -3.78. The minimum absolute atomic E-state index is 0.0628. The van der Waals surface area contributed by atoms with Crippen molar-refractivity contribution in [2.75, 3.05) is 13.1 Å². The fourth-order valence-corrected chi connectivity index (χ4v) is 4.16. The first-order valence-electron chi connectivity index (χ1n) is 6.20. The number of carbonyl (C=O) groups is 1. The van der Waals surface area contributed by atoms with Crippen LogP contribution >= 0.6 is 15.9 Å². The van der Waals surface area contributed by atoms with E-state index in [2.05, 4.69) is 20.8 Å². The summed E-state index contributed by atoms with van der Waals surface area (Å²) in [5, 5.41) is 10.6. The van der Waals surface area contributed by atoms with Crippen LogP contribution in [0.4, 0.5) is 0 Å². The molecule has 1 saturated heterocycles. The van der Waals surface area contributed by atoms with E-state index in [9.17, 15) is 13.2 Å². The molecule has 2 N–H and O–H groups in total. The number of rotatable bonds is 4. The third kappa shape index (κ3) is 3.57. The second-order valence-electron chi connectivity index (χ2n) is 4.59. The van der Waals surface area contributed by atoms with E-state index in [4.69, 9.17) is 5.11 Å². The third-order valence-electron chi connectivity index (χ3n) is 3.07. The Balaban J connectivity index is 2.28. The second-order valence-corrected chi connectivity index (χ2v) is 7.08. The molecule has 1 fully saturated rings. The summed E-state index contributed by atoms with van der Waals surface area (Å²) >= 11 is 3.15. The highest BCUT2D eigenvalue weighted by molar-refractivity contribution is 9.10. The number of benzene rings is 1. The van der Waals surface area contributed by atoms with Gasteiger partial charge in [-0.2, -0.15) is 0 Å². The van der Waals surface area contributed by atoms with Gasteiger partial charge in [-0.15, -0.1) is 4.83 Å². The summed E-state index contributed by atoms with van der Waals surface area (Å²) < 4.78 is 25.0. The van der Waals surface area contributed by atoms with Gasteiger partial charge in [-0.1, -0.05) is 6.42 Å². The maximum Gasteiger partial charge on any atom is 0.335 e. The van der Waals surface area contributed by atoms with Crippen molar-refractivity contribution in [1.29, 1.82) is 0 Å². The molecule has 1 aromatic rings. The summed E-state index contributed by atoms with van der Waals surface area (Å²) in [7, 11) is -3.78. The first kappa shape index (κ1) is 15.4. The zero-order chi connectivity index (χ0) is 14.8. The topological polar surface area (TPSA) is 86.7 Å². The van der Waals surface area contributed by atoms with Crippen molar-refractivity contribution in [2.45, 2.75) is 24.2 Å². The van der Waals surface area contributed by atoms with Crippen LogP contribution < -0.4 is 4.83 Å². The zero-order valence-corrected chi connectivity index (χ0v) is 13.1. The Morgan fingerprint density at radius 1 is 1.25 bits per heavy atom. The van der Waals surface area contributed by atoms with Gasteiger partial charge in [-0.3, -0.25) is 0 Å². The Hall–Kier alpha value is -0.960. The van der Waals surface area contributed by atoms with Gasteiger partial charge in [0.1, 0.15) is 0 Å². The Bertz CT molecular complexity index is 612. The van der Waals surface area contributed by atoms with Crippen molar-refractivity contribution in [3.05, 3.63) is 28.2 Å². The highest BCUT2D eigenvalue weighted by Gasteiger charge is 2.23. The van der Waals surface area contributed by atoms with Crippen molar-refractivity contribution >= 4 is 31.9 Å². The van der Waals surface area contributed by atoms with Crippen LogP contribution in [0.25, 0.3) is 0 Å². The summed E-state index contributed by atoms with van der Waals surface area (Å²) in [5.74, 6) is -1.16. The number of hydrogen-bond donors (Lipinski definition) is 2. The molecule has 0 spiro atoms. The molecule has 0 aliphatic carbocycles. The average Bonchev–Trinajstić information content (AvgIpc) is 2.39. The summed E-state index contributed by atoms with van der Waals surface area (Å²) in [6.07, 6.45) is 2.98. The van der Waals surface area contributed by atoms with Gasteiger partial charge in [0, 0.05) is 17.6 Å². The average molecular weight is 363 g/mol. The second kappa shape index (κ2) is 6.21. The number of piperidine rings is 1. The van der Waals surface area contributed by atoms with E-state index in [0.29, 0.717) is 17.6 Å². The number of halogens is 1. The van der Waals surface area contributed by atoms with Gasteiger partial charge < -0.3 is 5.11 Å². The van der Waals surface area contributed by atoms with Gasteiger partial charge in [0.05, 0.1) is 10.5 Å². The number of nitrogens with one attached hydrogen (secondary N) is 1. The van der Waals surface area contributed by atoms with E-state index in [0.717, 1.165) is 25.3 Å². The molecule has 1 aromatic carbocycles. The number of nitrogens with zero attached hydrogens (tertiary/aromatic N) is 1. The molecule has 20 heavy (non-hydrogen) atoms. The van der Waals surface area contributed by atoms with Crippen LogP contribution in [0.5, 0.6) is 0 Å². The largest absolute Gasteiger partial charge is 0.478 e. The number of carboxylic acid groups (broad SMARTS) is 1. The molecule has 1 heterocycles. The monoisotopic (exact) mass is 362 g/mol. The Morgan fingerprint density at radius 3 is 2.50 bits per heavy atom. The van der Waals surface area contributed by atoms with Crippen molar-refractivity contribution < 1.29 is 18.3 Å². The molecular weight excluding hydrogens is 348 g/mol. The lowest BCUT2D eigenvalue weighted by Gasteiger charge is -2.26. The lowest BCUT2D eigenvalue weighted by Crippen LogP contribution is -2.45. The smallest absolute Gasteiger partial charge is 0.335 e. The zero-order valence-electron chi connectivity index (χ0n) is 10.7. The Labute approximate surface area is 125 Å². The number of aromatic carboxylic acids is 1. The first-order chi connectivity index (χ1) is 9.40. The third-order valence-corrected chi connectivity index (χ3v) is 5.44. The SMILES string of the molecule is O=C(O)c1ccc(Br)c(S(=O)(=O)NN2CCCCC2)c1. The molecule has 0 atom stereocenters. The Kier molecular flexibility index (Phi) is 4.79. The number of hydrogen-bond acceptors (Lipinski definition) is 4. The van der Waals surface area contributed by atoms with E-state index in [-0.39, 0.29) is 10.5 Å². The van der Waals surface area contributed by atoms with E-state index in [1.54, 1.807) is 5.01 Å². The van der Waals surface area contributed by atoms with Gasteiger partial charge in [-0.25, -0.2) is 18.2 Å². The van der Waals surface area contributed by atoms with Crippen LogP contribution in [0, 0.1) is 0 Å². The molecule has 2 rings (SSSR count). The van der Waals surface area contributed by atoms with Gasteiger partial charge in [0.15, 0.2) is 0 Å². The molecule has 0 unspecified atom stereocenters. The molecule has 0 amide bonds. The Morgan fingerprint density at radius 2 is 1.90 bits per heavy atom. The highest BCUT2D eigenvalue weighted by Crippen LogP contribution is 2.23. The lowest BCUT2D eigenvalue weighted by molar-refractivity contribution is 0.0696. The molecule has 0 aromatic heterocycles.